The molecule has 0 bridgehead atoms. The molecule has 8 N–H and O–H groups in total. The van der Waals surface area contributed by atoms with Gasteiger partial charge in [0.1, 0.15) is 24.2 Å². The fourth-order valence-corrected chi connectivity index (χ4v) is 12.6. The summed E-state index contributed by atoms with van der Waals surface area (Å²) in [6.07, 6.45) is 2.86. The highest BCUT2D eigenvalue weighted by Gasteiger charge is 2.51. The third-order valence-electron chi connectivity index (χ3n) is 15.5. The molecule has 5 heterocycles. The Morgan fingerprint density at radius 1 is 0.843 bits per heavy atom. The Hall–Kier alpha value is -8.16. The molecule has 3 fully saturated rings. The van der Waals surface area contributed by atoms with Crippen LogP contribution in [0.2, 0.25) is 0 Å². The van der Waals surface area contributed by atoms with Gasteiger partial charge in [-0.25, -0.2) is 0 Å². The summed E-state index contributed by atoms with van der Waals surface area (Å²) in [5, 5.41) is 11.1. The lowest BCUT2D eigenvalue weighted by atomic mass is 9.98. The number of imide groups is 1. The van der Waals surface area contributed by atoms with E-state index in [1.807, 2.05) is 60.7 Å². The number of rotatable bonds is 19. The Labute approximate surface area is 480 Å². The van der Waals surface area contributed by atoms with Gasteiger partial charge in [-0.3, -0.25) is 53.0 Å². The van der Waals surface area contributed by atoms with Gasteiger partial charge in [-0.1, -0.05) is 97.1 Å². The van der Waals surface area contributed by atoms with Gasteiger partial charge < -0.3 is 46.2 Å². The van der Waals surface area contributed by atoms with Crippen LogP contribution in [0.5, 0.6) is 0 Å². The van der Waals surface area contributed by atoms with Crippen molar-refractivity contribution in [2.45, 2.75) is 126 Å². The van der Waals surface area contributed by atoms with Crippen molar-refractivity contribution in [3.8, 4) is 11.8 Å². The maximum atomic E-state index is 15.0. The van der Waals surface area contributed by atoms with Crippen molar-refractivity contribution in [2.24, 2.45) is 5.73 Å². The molecule has 5 atom stereocenters. The number of primary amides is 1. The van der Waals surface area contributed by atoms with Crippen molar-refractivity contribution in [2.75, 3.05) is 13.1 Å². The molecular weight excluding hydrogens is 1110 g/mol. The highest BCUT2D eigenvalue weighted by molar-refractivity contribution is 7.52. The zero-order valence-electron chi connectivity index (χ0n) is 44.9. The van der Waals surface area contributed by atoms with Gasteiger partial charge >= 0.3 is 13.3 Å². The van der Waals surface area contributed by atoms with Crippen LogP contribution >= 0.6 is 18.9 Å². The van der Waals surface area contributed by atoms with E-state index in [1.165, 1.54) is 26.8 Å². The maximum Gasteiger partial charge on any atom is 0.399 e. The van der Waals surface area contributed by atoms with Crippen LogP contribution in [-0.4, -0.2) is 121 Å². The van der Waals surface area contributed by atoms with Crippen molar-refractivity contribution in [1.29, 1.82) is 0 Å². The zero-order chi connectivity index (χ0) is 59.2. The van der Waals surface area contributed by atoms with Crippen molar-refractivity contribution < 1.29 is 66.3 Å². The summed E-state index contributed by atoms with van der Waals surface area (Å²) in [6, 6.07) is 21.9. The molecule has 9 amide bonds. The molecule has 4 aliphatic heterocycles. The van der Waals surface area contributed by atoms with Crippen LogP contribution < -0.4 is 27.0 Å². The summed E-state index contributed by atoms with van der Waals surface area (Å²) in [6.45, 7) is -0.000729. The number of nitrogens with two attached hydrogens (primary N) is 1. The van der Waals surface area contributed by atoms with Crippen molar-refractivity contribution >= 4 is 82.2 Å². The Bertz CT molecular complexity index is 3440. The van der Waals surface area contributed by atoms with Crippen LogP contribution in [0.1, 0.15) is 131 Å². The second kappa shape index (κ2) is 25.5. The molecule has 83 heavy (non-hydrogen) atoms. The first-order chi connectivity index (χ1) is 39.7. The number of carbonyl (C=O) groups excluding carboxylic acids is 9. The molecule has 3 saturated heterocycles. The first-order valence-corrected chi connectivity index (χ1v) is 29.7. The Kier molecular flexibility index (Phi) is 18.3. The van der Waals surface area contributed by atoms with Crippen LogP contribution in [0.3, 0.4) is 0 Å². The number of halogens is 2. The first kappa shape index (κ1) is 59.5. The normalized spacial score (nSPS) is 19.5. The number of carbonyl (C=O) groups is 9. The van der Waals surface area contributed by atoms with Gasteiger partial charge in [-0.15, -0.1) is 11.3 Å². The second-order valence-corrected chi connectivity index (χ2v) is 23.8. The highest BCUT2D eigenvalue weighted by Crippen LogP contribution is 2.59. The molecule has 9 rings (SSSR count). The van der Waals surface area contributed by atoms with Crippen LogP contribution in [0.15, 0.2) is 103 Å². The van der Waals surface area contributed by atoms with Crippen molar-refractivity contribution in [3.63, 3.8) is 0 Å². The SMILES string of the molecule is NC(=O)CC[C@H](NC(=O)[C@@H]1CC[C@@H]2CCN(C(=O)CCCCCC#Cc3cccc4c3CN(C3CCC(=O)NC3=O)C4=O)C[C@H](NC(=O)c3cc4ccc(C(F)(F)P(=O)(O)O)cc4s3)C(=O)N21)C(=O)NC(c1ccccc1)c1ccccc1. The molecule has 1 unspecified atom stereocenters. The van der Waals surface area contributed by atoms with E-state index in [-0.39, 0.29) is 91.9 Å². The quantitative estimate of drug-likeness (QED) is 0.0242. The molecule has 4 aliphatic rings. The fraction of sp³-hybridized carbons (Fsp3) is 0.373. The smallest absolute Gasteiger partial charge is 0.370 e. The number of amides is 9. The van der Waals surface area contributed by atoms with Gasteiger partial charge in [-0.2, -0.15) is 8.78 Å². The number of fused-ring (bicyclic) bond motifs is 3. The lowest BCUT2D eigenvalue weighted by Gasteiger charge is -2.39. The summed E-state index contributed by atoms with van der Waals surface area (Å²) >= 11 is 0.737. The van der Waals surface area contributed by atoms with Crippen LogP contribution in [0.25, 0.3) is 10.1 Å². The minimum atomic E-state index is -5.92. The third-order valence-corrected chi connectivity index (χ3v) is 17.6. The maximum absolute atomic E-state index is 15.0. The van der Waals surface area contributed by atoms with E-state index in [2.05, 4.69) is 33.1 Å². The van der Waals surface area contributed by atoms with Gasteiger partial charge in [0, 0.05) is 72.7 Å². The number of unbranched alkanes of at least 4 members (excludes halogenated alkanes) is 3. The van der Waals surface area contributed by atoms with E-state index < -0.39 is 90.5 Å². The van der Waals surface area contributed by atoms with Crippen LogP contribution in [0.4, 0.5) is 8.78 Å². The van der Waals surface area contributed by atoms with Crippen molar-refractivity contribution in [3.05, 3.63) is 141 Å². The molecule has 4 aromatic carbocycles. The van der Waals surface area contributed by atoms with E-state index >= 15 is 4.79 Å². The van der Waals surface area contributed by atoms with E-state index in [4.69, 9.17) is 5.73 Å². The second-order valence-electron chi connectivity index (χ2n) is 21.0. The van der Waals surface area contributed by atoms with Crippen LogP contribution in [-0.2, 0) is 50.3 Å². The van der Waals surface area contributed by atoms with Gasteiger partial charge in [0.15, 0.2) is 0 Å². The Balaban J connectivity index is 0.888. The molecular formula is C59H61F2N8O12PS. The molecule has 0 radical (unpaired) electrons. The predicted octanol–water partition coefficient (Wildman–Crippen LogP) is 5.24. The molecule has 1 aromatic heterocycles. The third kappa shape index (κ3) is 13.5. The molecule has 20 nitrogen and oxygen atoms in total. The number of piperidine rings is 1. The number of alkyl halides is 2. The summed E-state index contributed by atoms with van der Waals surface area (Å²) in [4.78, 5) is 145. The molecule has 434 valence electrons. The fourth-order valence-electron chi connectivity index (χ4n) is 11.1. The number of nitrogens with one attached hydrogen (secondary N) is 4. The van der Waals surface area contributed by atoms with E-state index in [0.29, 0.717) is 54.2 Å². The largest absolute Gasteiger partial charge is 0.399 e. The molecule has 0 spiro atoms. The van der Waals surface area contributed by atoms with E-state index in [9.17, 15) is 61.5 Å². The highest BCUT2D eigenvalue weighted by atomic mass is 32.1. The average Bonchev–Trinajstić information content (AvgIpc) is 4.43. The lowest BCUT2D eigenvalue weighted by Crippen LogP contribution is -2.62. The molecule has 0 saturated carbocycles. The Morgan fingerprint density at radius 3 is 2.25 bits per heavy atom. The lowest BCUT2D eigenvalue weighted by molar-refractivity contribution is -0.145. The number of hydrogen-bond acceptors (Lipinski definition) is 11. The standard InChI is InChI=1S/C59H61F2N8O12PS/c60-59(61,82(79,80)81)39-22-21-38-31-48(83-47(38)32-39)56(76)64-44-34-67(51(72)20-11-3-1-2-6-13-35-18-12-19-41-42(35)33-68(57(41)77)45-26-28-50(71)65-54(45)74)30-29-40-23-25-46(69(40)58(44)78)55(75)63-43(24-27-49(62)70)53(73)66-52(36-14-7-4-8-15-36)37-16-9-5-10-17-37/h4-5,7-10,12,14-19,21-22,31-32,40,43-46,52H,1-3,11,20,23-30,33-34H2,(H2,62,70)(H,63,75)(H,64,76)(H,66,73)(H,65,71,74)(H2,79,80,81)/t40-,43+,44+,45?,46+/m1/s1. The monoisotopic (exact) mass is 1170 g/mol. The van der Waals surface area contributed by atoms with Gasteiger partial charge in [0.25, 0.3) is 11.8 Å². The zero-order valence-corrected chi connectivity index (χ0v) is 46.6. The van der Waals surface area contributed by atoms with E-state index in [1.54, 1.807) is 18.2 Å². The molecule has 5 aromatic rings. The van der Waals surface area contributed by atoms with Crippen molar-refractivity contribution in [1.82, 2.24) is 36.0 Å². The number of benzene rings is 4. The number of thiophene rings is 1. The Morgan fingerprint density at radius 2 is 1.57 bits per heavy atom. The minimum Gasteiger partial charge on any atom is -0.370 e. The average molecular weight is 1180 g/mol. The van der Waals surface area contributed by atoms with Crippen LogP contribution in [0, 0.1) is 11.8 Å². The first-order valence-electron chi connectivity index (χ1n) is 27.3. The minimum absolute atomic E-state index is 0.0494. The van der Waals surface area contributed by atoms with E-state index in [0.717, 1.165) is 34.6 Å². The molecule has 24 heteroatoms. The molecule has 0 aliphatic carbocycles. The topological polar surface area (TPSA) is 295 Å². The predicted molar refractivity (Wildman–Crippen MR) is 300 cm³/mol. The summed E-state index contributed by atoms with van der Waals surface area (Å²) in [7, 11) is -5.92. The summed E-state index contributed by atoms with van der Waals surface area (Å²) in [5.74, 6) is 1.26. The van der Waals surface area contributed by atoms with Gasteiger partial charge in [-0.05, 0) is 91.3 Å². The summed E-state index contributed by atoms with van der Waals surface area (Å²) < 4.78 is 41.3. The van der Waals surface area contributed by atoms with Gasteiger partial charge in [0.05, 0.1) is 10.9 Å². The number of nitrogens with zero attached hydrogens (tertiary/aromatic N) is 3. The summed E-state index contributed by atoms with van der Waals surface area (Å²) in [5.41, 5.74) is 3.34. The number of hydrogen-bond donors (Lipinski definition) is 7. The van der Waals surface area contributed by atoms with Gasteiger partial charge in [0.2, 0.25) is 41.4 Å².